The van der Waals surface area contributed by atoms with Gasteiger partial charge in [0.15, 0.2) is 17.3 Å². The molecule has 1 aliphatic heterocycles. The average molecular weight is 594 g/mol. The standard InChI is InChI=1S/C33H43N3O7/c1-32(2,3)30(40)42-26-15-14-23(20-27(26)43-31(41)33(4,5)6)25(37)21-34-16-17-35-29(39)24-13-10-18-36(24)28(38)19-22-11-8-7-9-12-22/h7-9,11-12,14-15,20,24,34H,10,13,16-19,21H2,1-6H3,(H,35,39)/t24-/m0/s1. The summed E-state index contributed by atoms with van der Waals surface area (Å²) < 4.78 is 11.0. The normalized spacial score (nSPS) is 15.1. The average Bonchev–Trinajstić information content (AvgIpc) is 3.43. The van der Waals surface area contributed by atoms with Crippen molar-refractivity contribution in [2.75, 3.05) is 26.2 Å². The van der Waals surface area contributed by atoms with Crippen molar-refractivity contribution in [3.8, 4) is 11.5 Å². The van der Waals surface area contributed by atoms with Crippen LogP contribution in [0.15, 0.2) is 48.5 Å². The number of hydrogen-bond donors (Lipinski definition) is 2. The lowest BCUT2D eigenvalue weighted by atomic mass is 9.97. The Hall–Kier alpha value is -4.05. The fraction of sp³-hybridized carbons (Fsp3) is 0.485. The summed E-state index contributed by atoms with van der Waals surface area (Å²) in [7, 11) is 0. The molecule has 0 saturated carbocycles. The molecule has 3 rings (SSSR count). The Balaban J connectivity index is 1.53. The number of ether oxygens (including phenoxy) is 2. The van der Waals surface area contributed by atoms with E-state index < -0.39 is 28.8 Å². The van der Waals surface area contributed by atoms with Crippen LogP contribution in [0.4, 0.5) is 0 Å². The monoisotopic (exact) mass is 593 g/mol. The highest BCUT2D eigenvalue weighted by atomic mass is 16.6. The molecule has 232 valence electrons. The summed E-state index contributed by atoms with van der Waals surface area (Å²) in [6.07, 6.45) is 1.64. The van der Waals surface area contributed by atoms with Gasteiger partial charge in [0.1, 0.15) is 6.04 Å². The lowest BCUT2D eigenvalue weighted by Gasteiger charge is -2.24. The molecule has 0 bridgehead atoms. The minimum Gasteiger partial charge on any atom is -0.422 e. The highest BCUT2D eigenvalue weighted by Crippen LogP contribution is 2.32. The van der Waals surface area contributed by atoms with Gasteiger partial charge in [0.05, 0.1) is 23.8 Å². The summed E-state index contributed by atoms with van der Waals surface area (Å²) in [6, 6.07) is 13.3. The van der Waals surface area contributed by atoms with E-state index in [-0.39, 0.29) is 54.2 Å². The Kier molecular flexibility index (Phi) is 11.2. The molecule has 0 unspecified atom stereocenters. The maximum atomic E-state index is 12.9. The van der Waals surface area contributed by atoms with Crippen molar-refractivity contribution in [1.29, 1.82) is 0 Å². The molecule has 2 aromatic rings. The van der Waals surface area contributed by atoms with Crippen LogP contribution >= 0.6 is 0 Å². The number of rotatable bonds is 11. The number of carbonyl (C=O) groups is 5. The van der Waals surface area contributed by atoms with E-state index in [0.29, 0.717) is 19.5 Å². The van der Waals surface area contributed by atoms with Crippen molar-refractivity contribution in [3.05, 3.63) is 59.7 Å². The van der Waals surface area contributed by atoms with Gasteiger partial charge in [-0.1, -0.05) is 30.3 Å². The van der Waals surface area contributed by atoms with Gasteiger partial charge in [-0.2, -0.15) is 0 Å². The van der Waals surface area contributed by atoms with Gasteiger partial charge < -0.3 is 25.0 Å². The predicted octanol–water partition coefficient (Wildman–Crippen LogP) is 3.71. The first kappa shape index (κ1) is 33.5. The quantitative estimate of drug-likeness (QED) is 0.175. The Morgan fingerprint density at radius 2 is 1.47 bits per heavy atom. The van der Waals surface area contributed by atoms with E-state index >= 15 is 0 Å². The van der Waals surface area contributed by atoms with E-state index in [1.54, 1.807) is 46.4 Å². The Labute approximate surface area is 253 Å². The van der Waals surface area contributed by atoms with E-state index in [9.17, 15) is 24.0 Å². The van der Waals surface area contributed by atoms with Crippen molar-refractivity contribution in [2.24, 2.45) is 10.8 Å². The first-order valence-corrected chi connectivity index (χ1v) is 14.6. The van der Waals surface area contributed by atoms with Gasteiger partial charge in [0.25, 0.3) is 0 Å². The molecular weight excluding hydrogens is 550 g/mol. The van der Waals surface area contributed by atoms with Crippen LogP contribution < -0.4 is 20.1 Å². The predicted molar refractivity (Wildman–Crippen MR) is 162 cm³/mol. The van der Waals surface area contributed by atoms with Gasteiger partial charge in [-0.05, 0) is 78.1 Å². The van der Waals surface area contributed by atoms with Crippen molar-refractivity contribution in [3.63, 3.8) is 0 Å². The van der Waals surface area contributed by atoms with Crippen LogP contribution in [0, 0.1) is 10.8 Å². The number of amides is 2. The molecule has 2 N–H and O–H groups in total. The highest BCUT2D eigenvalue weighted by Gasteiger charge is 2.34. The number of hydrogen-bond acceptors (Lipinski definition) is 8. The van der Waals surface area contributed by atoms with E-state index in [4.69, 9.17) is 9.47 Å². The third kappa shape index (κ3) is 9.74. The molecule has 1 saturated heterocycles. The highest BCUT2D eigenvalue weighted by molar-refractivity contribution is 5.98. The van der Waals surface area contributed by atoms with Gasteiger partial charge >= 0.3 is 11.9 Å². The zero-order chi connectivity index (χ0) is 31.8. The third-order valence-corrected chi connectivity index (χ3v) is 6.86. The van der Waals surface area contributed by atoms with Gasteiger partial charge in [-0.25, -0.2) is 0 Å². The Morgan fingerprint density at radius 3 is 2.09 bits per heavy atom. The van der Waals surface area contributed by atoms with E-state index in [0.717, 1.165) is 12.0 Å². The summed E-state index contributed by atoms with van der Waals surface area (Å²) in [5.41, 5.74) is -0.427. The molecule has 2 amide bonds. The van der Waals surface area contributed by atoms with Crippen LogP contribution in [0.2, 0.25) is 0 Å². The van der Waals surface area contributed by atoms with Crippen LogP contribution in [-0.4, -0.2) is 66.7 Å². The van der Waals surface area contributed by atoms with Crippen LogP contribution in [-0.2, 0) is 25.6 Å². The van der Waals surface area contributed by atoms with Crippen molar-refractivity contribution in [1.82, 2.24) is 15.5 Å². The van der Waals surface area contributed by atoms with Crippen molar-refractivity contribution in [2.45, 2.75) is 66.8 Å². The lowest BCUT2D eigenvalue weighted by molar-refractivity contribution is -0.145. The molecule has 0 aromatic heterocycles. The van der Waals surface area contributed by atoms with E-state index in [1.807, 2.05) is 30.3 Å². The second-order valence-corrected chi connectivity index (χ2v) is 12.7. The lowest BCUT2D eigenvalue weighted by Crippen LogP contribution is -2.47. The van der Waals surface area contributed by atoms with Gasteiger partial charge in [-0.3, -0.25) is 24.0 Å². The SMILES string of the molecule is CC(C)(C)C(=O)Oc1ccc(C(=O)CNCCNC(=O)[C@@H]2CCCN2C(=O)Cc2ccccc2)cc1OC(=O)C(C)(C)C. The van der Waals surface area contributed by atoms with E-state index in [1.165, 1.54) is 18.2 Å². The van der Waals surface area contributed by atoms with Gasteiger partial charge in [0.2, 0.25) is 11.8 Å². The van der Waals surface area contributed by atoms with Crippen molar-refractivity contribution >= 4 is 29.5 Å². The van der Waals surface area contributed by atoms with Gasteiger partial charge in [-0.15, -0.1) is 0 Å². The minimum atomic E-state index is -0.817. The molecule has 2 aromatic carbocycles. The van der Waals surface area contributed by atoms with Crippen molar-refractivity contribution < 1.29 is 33.4 Å². The Morgan fingerprint density at radius 1 is 0.837 bits per heavy atom. The number of esters is 2. The zero-order valence-corrected chi connectivity index (χ0v) is 26.0. The summed E-state index contributed by atoms with van der Waals surface area (Å²) in [6.45, 7) is 11.3. The second-order valence-electron chi connectivity index (χ2n) is 12.7. The number of benzene rings is 2. The zero-order valence-electron chi connectivity index (χ0n) is 26.0. The number of carbonyl (C=O) groups excluding carboxylic acids is 5. The van der Waals surface area contributed by atoms with E-state index in [2.05, 4.69) is 10.6 Å². The molecule has 1 fully saturated rings. The molecule has 1 heterocycles. The minimum absolute atomic E-state index is 0.0152. The summed E-state index contributed by atoms with van der Waals surface area (Å²) in [5, 5.41) is 5.87. The topological polar surface area (TPSA) is 131 Å². The smallest absolute Gasteiger partial charge is 0.316 e. The molecule has 0 radical (unpaired) electrons. The van der Waals surface area contributed by atoms with Crippen LogP contribution in [0.5, 0.6) is 11.5 Å². The van der Waals surface area contributed by atoms with Crippen LogP contribution in [0.25, 0.3) is 0 Å². The number of ketones is 1. The number of likely N-dealkylation sites (tertiary alicyclic amines) is 1. The molecule has 10 heteroatoms. The fourth-order valence-corrected chi connectivity index (χ4v) is 4.26. The maximum Gasteiger partial charge on any atom is 0.316 e. The molecule has 1 aliphatic rings. The third-order valence-electron chi connectivity index (χ3n) is 6.86. The van der Waals surface area contributed by atoms with Gasteiger partial charge in [0, 0.05) is 25.2 Å². The summed E-state index contributed by atoms with van der Waals surface area (Å²) in [5.74, 6) is -1.57. The first-order chi connectivity index (χ1) is 20.2. The number of nitrogens with one attached hydrogen (secondary N) is 2. The molecule has 10 nitrogen and oxygen atoms in total. The fourth-order valence-electron chi connectivity index (χ4n) is 4.26. The maximum absolute atomic E-state index is 12.9. The molecule has 43 heavy (non-hydrogen) atoms. The summed E-state index contributed by atoms with van der Waals surface area (Å²) >= 11 is 0. The summed E-state index contributed by atoms with van der Waals surface area (Å²) in [4.78, 5) is 65.2. The number of nitrogens with zero attached hydrogens (tertiary/aromatic N) is 1. The molecule has 0 aliphatic carbocycles. The second kappa shape index (κ2) is 14.4. The first-order valence-electron chi connectivity index (χ1n) is 14.6. The number of Topliss-reactive ketones (excluding diaryl/α,β-unsaturated/α-hetero) is 1. The van der Waals surface area contributed by atoms with Crippen LogP contribution in [0.1, 0.15) is 70.3 Å². The molecule has 0 spiro atoms. The largest absolute Gasteiger partial charge is 0.422 e. The van der Waals surface area contributed by atoms with Crippen LogP contribution in [0.3, 0.4) is 0 Å². The Bertz CT molecular complexity index is 1330. The molecule has 1 atom stereocenters. The molecular formula is C33H43N3O7.